The van der Waals surface area contributed by atoms with Crippen molar-refractivity contribution in [1.29, 1.82) is 5.26 Å². The van der Waals surface area contributed by atoms with Gasteiger partial charge in [-0.05, 0) is 48.4 Å². The van der Waals surface area contributed by atoms with Gasteiger partial charge in [-0.2, -0.15) is 5.26 Å². The summed E-state index contributed by atoms with van der Waals surface area (Å²) >= 11 is 0. The van der Waals surface area contributed by atoms with Crippen LogP contribution in [0.15, 0.2) is 66.9 Å². The second-order valence-corrected chi connectivity index (χ2v) is 6.22. The van der Waals surface area contributed by atoms with Gasteiger partial charge in [0.2, 0.25) is 0 Å². The number of aryl methyl sites for hydroxylation is 2. The number of hydrogen-bond acceptors (Lipinski definition) is 4. The Morgan fingerprint density at radius 2 is 1.89 bits per heavy atom. The fourth-order valence-corrected chi connectivity index (χ4v) is 3.15. The molecule has 0 radical (unpaired) electrons. The second kappa shape index (κ2) is 7.30. The maximum Gasteiger partial charge on any atom is 0.159 e. The molecule has 0 saturated heterocycles. The predicted octanol–water partition coefficient (Wildman–Crippen LogP) is 4.22. The Labute approximate surface area is 157 Å². The third-order valence-corrected chi connectivity index (χ3v) is 4.56. The van der Waals surface area contributed by atoms with E-state index in [2.05, 4.69) is 33.8 Å². The average Bonchev–Trinajstić information content (AvgIpc) is 3.11. The number of aromatic nitrogens is 3. The number of imidazole rings is 1. The van der Waals surface area contributed by atoms with E-state index in [4.69, 9.17) is 9.72 Å². The molecule has 4 aromatic rings. The van der Waals surface area contributed by atoms with Crippen LogP contribution < -0.4 is 4.74 Å². The first-order chi connectivity index (χ1) is 13.3. The zero-order chi connectivity index (χ0) is 18.6. The largest absolute Gasteiger partial charge is 0.497 e. The van der Waals surface area contributed by atoms with E-state index in [-0.39, 0.29) is 0 Å². The van der Waals surface area contributed by atoms with Gasteiger partial charge in [0, 0.05) is 12.7 Å². The molecule has 0 amide bonds. The summed E-state index contributed by atoms with van der Waals surface area (Å²) in [5.41, 5.74) is 4.49. The van der Waals surface area contributed by atoms with Gasteiger partial charge in [-0.3, -0.25) is 4.98 Å². The molecule has 0 spiro atoms. The smallest absolute Gasteiger partial charge is 0.159 e. The highest BCUT2D eigenvalue weighted by Crippen LogP contribution is 2.24. The van der Waals surface area contributed by atoms with E-state index in [1.54, 1.807) is 25.4 Å². The first-order valence-corrected chi connectivity index (χ1v) is 8.73. The zero-order valence-corrected chi connectivity index (χ0v) is 15.0. The quantitative estimate of drug-likeness (QED) is 0.538. The number of methoxy groups -OCH3 is 1. The number of benzene rings is 2. The summed E-state index contributed by atoms with van der Waals surface area (Å²) in [4.78, 5) is 9.21. The van der Waals surface area contributed by atoms with Gasteiger partial charge in [0.05, 0.1) is 29.8 Å². The molecule has 0 N–H and O–H groups in total. The normalized spacial score (nSPS) is 10.7. The third-order valence-electron chi connectivity index (χ3n) is 4.56. The lowest BCUT2D eigenvalue weighted by atomic mass is 10.1. The molecule has 0 bridgehead atoms. The average molecular weight is 354 g/mol. The fraction of sp³-hybridized carbons (Fsp3) is 0.136. The van der Waals surface area contributed by atoms with E-state index in [9.17, 15) is 5.26 Å². The van der Waals surface area contributed by atoms with E-state index in [1.807, 2.05) is 30.3 Å². The second-order valence-electron chi connectivity index (χ2n) is 6.22. The van der Waals surface area contributed by atoms with Gasteiger partial charge in [0.1, 0.15) is 11.4 Å². The van der Waals surface area contributed by atoms with Crippen molar-refractivity contribution in [3.8, 4) is 23.3 Å². The number of ether oxygens (including phenoxy) is 1. The number of rotatable bonds is 5. The summed E-state index contributed by atoms with van der Waals surface area (Å²) < 4.78 is 7.40. The Balaban J connectivity index is 1.72. The van der Waals surface area contributed by atoms with Crippen LogP contribution in [-0.4, -0.2) is 21.6 Å². The molecule has 27 heavy (non-hydrogen) atoms. The highest BCUT2D eigenvalue weighted by Gasteiger charge is 2.14. The molecule has 5 heteroatoms. The topological polar surface area (TPSA) is 63.7 Å². The van der Waals surface area contributed by atoms with Gasteiger partial charge in [-0.25, -0.2) is 4.98 Å². The van der Waals surface area contributed by atoms with Crippen molar-refractivity contribution < 1.29 is 4.74 Å². The van der Waals surface area contributed by atoms with Crippen molar-refractivity contribution in [2.45, 2.75) is 13.0 Å². The van der Waals surface area contributed by atoms with Crippen LogP contribution in [0.1, 0.15) is 11.1 Å². The zero-order valence-electron chi connectivity index (χ0n) is 15.0. The van der Waals surface area contributed by atoms with E-state index in [1.165, 1.54) is 5.56 Å². The summed E-state index contributed by atoms with van der Waals surface area (Å²) in [6.45, 7) is 0.765. The van der Waals surface area contributed by atoms with Crippen molar-refractivity contribution >= 4 is 11.0 Å². The summed E-state index contributed by atoms with van der Waals surface area (Å²) in [5, 5.41) is 9.20. The lowest BCUT2D eigenvalue weighted by Gasteiger charge is -2.10. The molecule has 0 unspecified atom stereocenters. The van der Waals surface area contributed by atoms with Crippen LogP contribution in [0.25, 0.3) is 22.6 Å². The summed E-state index contributed by atoms with van der Waals surface area (Å²) in [7, 11) is 1.67. The fourth-order valence-electron chi connectivity index (χ4n) is 3.15. The van der Waals surface area contributed by atoms with Crippen LogP contribution in [0.4, 0.5) is 0 Å². The minimum atomic E-state index is 0.578. The number of hydrogen-bond donors (Lipinski definition) is 0. The van der Waals surface area contributed by atoms with Crippen molar-refractivity contribution in [3.63, 3.8) is 0 Å². The predicted molar refractivity (Wildman–Crippen MR) is 104 cm³/mol. The molecule has 0 saturated carbocycles. The Bertz CT molecular complexity index is 1120. The van der Waals surface area contributed by atoms with Gasteiger partial charge in [-0.1, -0.05) is 24.3 Å². The molecule has 0 aliphatic heterocycles. The Kier molecular flexibility index (Phi) is 4.54. The molecular formula is C22H18N4O. The molecule has 4 rings (SSSR count). The van der Waals surface area contributed by atoms with Crippen LogP contribution >= 0.6 is 0 Å². The molecule has 0 aliphatic rings. The van der Waals surface area contributed by atoms with Crippen LogP contribution in [-0.2, 0) is 13.0 Å². The van der Waals surface area contributed by atoms with Gasteiger partial charge in [0.15, 0.2) is 5.82 Å². The minimum Gasteiger partial charge on any atom is -0.497 e. The first kappa shape index (κ1) is 16.8. The lowest BCUT2D eigenvalue weighted by molar-refractivity contribution is 0.414. The Hall–Kier alpha value is -3.65. The number of fused-ring (bicyclic) bond motifs is 1. The van der Waals surface area contributed by atoms with Crippen molar-refractivity contribution in [2.24, 2.45) is 0 Å². The van der Waals surface area contributed by atoms with Gasteiger partial charge in [-0.15, -0.1) is 0 Å². The standard InChI is InChI=1S/C22H18N4O/c1-27-18-8-6-16(7-9-18)11-13-26-21-5-3-2-4-19(21)25-22(26)20-14-17(15-23)10-12-24-20/h2-10,12,14H,11,13H2,1H3. The molecule has 5 nitrogen and oxygen atoms in total. The van der Waals surface area contributed by atoms with E-state index < -0.39 is 0 Å². The van der Waals surface area contributed by atoms with E-state index >= 15 is 0 Å². The Morgan fingerprint density at radius 1 is 1.07 bits per heavy atom. The van der Waals surface area contributed by atoms with Crippen LogP contribution in [0.3, 0.4) is 0 Å². The molecule has 0 fully saturated rings. The molecular weight excluding hydrogens is 336 g/mol. The first-order valence-electron chi connectivity index (χ1n) is 8.73. The molecule has 132 valence electrons. The SMILES string of the molecule is COc1ccc(CCn2c(-c3cc(C#N)ccn3)nc3ccccc32)cc1. The number of pyridine rings is 1. The lowest BCUT2D eigenvalue weighted by Crippen LogP contribution is -2.04. The van der Waals surface area contributed by atoms with Crippen LogP contribution in [0.5, 0.6) is 5.75 Å². The number of nitrogens with zero attached hydrogens (tertiary/aromatic N) is 4. The maximum absolute atomic E-state index is 9.20. The minimum absolute atomic E-state index is 0.578. The van der Waals surface area contributed by atoms with Crippen molar-refractivity contribution in [3.05, 3.63) is 78.0 Å². The Morgan fingerprint density at radius 3 is 2.67 bits per heavy atom. The van der Waals surface area contributed by atoms with Crippen molar-refractivity contribution in [1.82, 2.24) is 14.5 Å². The third kappa shape index (κ3) is 3.38. The molecule has 0 atom stereocenters. The summed E-state index contributed by atoms with van der Waals surface area (Å²) in [5.74, 6) is 1.63. The molecule has 2 aromatic heterocycles. The van der Waals surface area contributed by atoms with Gasteiger partial charge >= 0.3 is 0 Å². The monoisotopic (exact) mass is 354 g/mol. The van der Waals surface area contributed by atoms with Gasteiger partial charge in [0.25, 0.3) is 0 Å². The van der Waals surface area contributed by atoms with E-state index in [0.717, 1.165) is 35.6 Å². The van der Waals surface area contributed by atoms with Crippen LogP contribution in [0.2, 0.25) is 0 Å². The number of nitriles is 1. The highest BCUT2D eigenvalue weighted by molar-refractivity contribution is 5.80. The van der Waals surface area contributed by atoms with Crippen LogP contribution in [0, 0.1) is 11.3 Å². The highest BCUT2D eigenvalue weighted by atomic mass is 16.5. The number of para-hydroxylation sites is 2. The molecule has 2 heterocycles. The molecule has 0 aliphatic carbocycles. The van der Waals surface area contributed by atoms with E-state index in [0.29, 0.717) is 11.3 Å². The molecule has 2 aromatic carbocycles. The summed E-state index contributed by atoms with van der Waals surface area (Å²) in [6, 6.07) is 21.8. The maximum atomic E-state index is 9.20. The van der Waals surface area contributed by atoms with Crippen molar-refractivity contribution in [2.75, 3.05) is 7.11 Å². The summed E-state index contributed by atoms with van der Waals surface area (Å²) in [6.07, 6.45) is 2.51. The van der Waals surface area contributed by atoms with Gasteiger partial charge < -0.3 is 9.30 Å².